The molecule has 0 aliphatic heterocycles. The number of hydrogen-bond acceptors (Lipinski definition) is 6. The Bertz CT molecular complexity index is 877. The van der Waals surface area contributed by atoms with Crippen molar-refractivity contribution in [2.45, 2.75) is 33.7 Å². The van der Waals surface area contributed by atoms with Crippen molar-refractivity contribution in [2.75, 3.05) is 32.8 Å². The van der Waals surface area contributed by atoms with Crippen LogP contribution in [0.3, 0.4) is 0 Å². The number of fused-ring (bicyclic) bond motifs is 1. The van der Waals surface area contributed by atoms with Crippen LogP contribution in [-0.4, -0.2) is 48.2 Å². The van der Waals surface area contributed by atoms with E-state index in [-0.39, 0.29) is 0 Å². The molecular formula is C21H30N4O3. The Balaban J connectivity index is 0.00000136. The van der Waals surface area contributed by atoms with Crippen LogP contribution >= 0.6 is 0 Å². The average Bonchev–Trinajstić information content (AvgIpc) is 3.16. The smallest absolute Gasteiger partial charge is 0.157 e. The van der Waals surface area contributed by atoms with Crippen molar-refractivity contribution >= 4 is 16.7 Å². The van der Waals surface area contributed by atoms with E-state index in [0.29, 0.717) is 25.1 Å². The van der Waals surface area contributed by atoms with Gasteiger partial charge in [-0.2, -0.15) is 0 Å². The lowest BCUT2D eigenvalue weighted by molar-refractivity contribution is 0.146. The van der Waals surface area contributed by atoms with Gasteiger partial charge in [0.1, 0.15) is 23.9 Å². The number of hydrogen-bond donors (Lipinski definition) is 1. The van der Waals surface area contributed by atoms with Crippen molar-refractivity contribution in [1.29, 1.82) is 0 Å². The molecule has 7 nitrogen and oxygen atoms in total. The molecule has 0 unspecified atom stereocenters. The number of benzene rings is 1. The largest absolute Gasteiger partial charge is 0.496 e. The molecule has 1 N–H and O–H groups in total. The van der Waals surface area contributed by atoms with E-state index in [2.05, 4.69) is 24.3 Å². The third kappa shape index (κ3) is 5.36. The van der Waals surface area contributed by atoms with Gasteiger partial charge in [0.05, 0.1) is 19.2 Å². The van der Waals surface area contributed by atoms with Crippen LogP contribution in [0.15, 0.2) is 36.5 Å². The highest BCUT2D eigenvalue weighted by molar-refractivity contribution is 5.87. The van der Waals surface area contributed by atoms with Crippen molar-refractivity contribution in [3.63, 3.8) is 0 Å². The lowest BCUT2D eigenvalue weighted by Crippen LogP contribution is -2.10. The summed E-state index contributed by atoms with van der Waals surface area (Å²) in [6.07, 6.45) is 1.87. The molecule has 3 rings (SSSR count). The number of nitrogens with one attached hydrogen (secondary N) is 1. The zero-order valence-electron chi connectivity index (χ0n) is 17.5. The van der Waals surface area contributed by atoms with Gasteiger partial charge in [0.15, 0.2) is 5.82 Å². The molecule has 0 saturated heterocycles. The number of nitrogens with zero attached hydrogens (tertiary/aromatic N) is 3. The summed E-state index contributed by atoms with van der Waals surface area (Å²) in [5.74, 6) is 2.96. The molecule has 0 saturated carbocycles. The predicted octanol–water partition coefficient (Wildman–Crippen LogP) is 4.30. The van der Waals surface area contributed by atoms with E-state index in [1.807, 2.05) is 50.4 Å². The summed E-state index contributed by atoms with van der Waals surface area (Å²) >= 11 is 0. The van der Waals surface area contributed by atoms with Gasteiger partial charge in [0.2, 0.25) is 0 Å². The second-order valence-corrected chi connectivity index (χ2v) is 6.15. The molecule has 0 atom stereocenters. The van der Waals surface area contributed by atoms with E-state index >= 15 is 0 Å². The third-order valence-electron chi connectivity index (χ3n) is 3.77. The van der Waals surface area contributed by atoms with Crippen LogP contribution < -0.4 is 14.8 Å². The van der Waals surface area contributed by atoms with Crippen LogP contribution in [-0.2, 0) is 4.74 Å². The Morgan fingerprint density at radius 3 is 2.54 bits per heavy atom. The van der Waals surface area contributed by atoms with Gasteiger partial charge in [-0.3, -0.25) is 0 Å². The molecule has 152 valence electrons. The Kier molecular flexibility index (Phi) is 8.07. The molecular weight excluding hydrogens is 356 g/mol. The topological polar surface area (TPSA) is 70.4 Å². The Morgan fingerprint density at radius 2 is 1.86 bits per heavy atom. The van der Waals surface area contributed by atoms with Crippen LogP contribution in [0.4, 0.5) is 5.82 Å². The lowest BCUT2D eigenvalue weighted by atomic mass is 10.2. The number of rotatable bonds is 8. The fourth-order valence-corrected chi connectivity index (χ4v) is 2.61. The summed E-state index contributed by atoms with van der Waals surface area (Å²) in [6.45, 7) is 9.17. The quantitative estimate of drug-likeness (QED) is 0.582. The molecule has 3 aromatic rings. The van der Waals surface area contributed by atoms with E-state index < -0.39 is 0 Å². The van der Waals surface area contributed by atoms with Crippen molar-refractivity contribution in [2.24, 2.45) is 0 Å². The predicted molar refractivity (Wildman–Crippen MR) is 113 cm³/mol. The summed E-state index contributed by atoms with van der Waals surface area (Å²) in [5.41, 5.74) is 0.781. The summed E-state index contributed by atoms with van der Waals surface area (Å²) in [6, 6.07) is 9.85. The summed E-state index contributed by atoms with van der Waals surface area (Å²) in [7, 11) is 3.30. The van der Waals surface area contributed by atoms with E-state index in [4.69, 9.17) is 19.2 Å². The number of anilines is 1. The van der Waals surface area contributed by atoms with Crippen LogP contribution in [0.5, 0.6) is 11.5 Å². The number of methoxy groups -OCH3 is 2. The molecule has 0 amide bonds. The fourth-order valence-electron chi connectivity index (χ4n) is 2.61. The molecule has 2 aromatic heterocycles. The van der Waals surface area contributed by atoms with Gasteiger partial charge in [0, 0.05) is 42.9 Å². The van der Waals surface area contributed by atoms with Crippen LogP contribution in [0.2, 0.25) is 0 Å². The van der Waals surface area contributed by atoms with Crippen molar-refractivity contribution in [3.05, 3.63) is 36.5 Å². The fraction of sp³-hybridized carbons (Fsp3) is 0.429. The zero-order valence-corrected chi connectivity index (χ0v) is 17.5. The Labute approximate surface area is 166 Å². The zero-order chi connectivity index (χ0) is 20.5. The second kappa shape index (κ2) is 10.5. The van der Waals surface area contributed by atoms with Gasteiger partial charge in [-0.1, -0.05) is 13.8 Å². The maximum Gasteiger partial charge on any atom is 0.157 e. The van der Waals surface area contributed by atoms with Gasteiger partial charge in [0.25, 0.3) is 0 Å². The van der Waals surface area contributed by atoms with Crippen LogP contribution in [0.25, 0.3) is 16.7 Å². The normalized spacial score (nSPS) is 10.5. The summed E-state index contributed by atoms with van der Waals surface area (Å²) in [5, 5.41) is 8.72. The van der Waals surface area contributed by atoms with Gasteiger partial charge >= 0.3 is 0 Å². The molecule has 0 spiro atoms. The van der Waals surface area contributed by atoms with Crippen molar-refractivity contribution in [1.82, 2.24) is 14.8 Å². The second-order valence-electron chi connectivity index (χ2n) is 6.15. The minimum Gasteiger partial charge on any atom is -0.496 e. The Morgan fingerprint density at radius 1 is 1.07 bits per heavy atom. The first-order chi connectivity index (χ1) is 13.6. The average molecular weight is 386 g/mol. The molecule has 0 aliphatic carbocycles. The minimum absolute atomic E-state index is 0.309. The maximum atomic E-state index is 5.68. The lowest BCUT2D eigenvalue weighted by Gasteiger charge is -2.11. The van der Waals surface area contributed by atoms with Gasteiger partial charge in [-0.05, 0) is 26.0 Å². The monoisotopic (exact) mass is 386 g/mol. The molecule has 1 aromatic carbocycles. The highest BCUT2D eigenvalue weighted by Crippen LogP contribution is 2.29. The number of aromatic nitrogens is 3. The summed E-state index contributed by atoms with van der Waals surface area (Å²) < 4.78 is 18.0. The molecule has 28 heavy (non-hydrogen) atoms. The third-order valence-corrected chi connectivity index (χ3v) is 3.77. The van der Waals surface area contributed by atoms with E-state index in [1.54, 1.807) is 18.9 Å². The summed E-state index contributed by atoms with van der Waals surface area (Å²) in [4.78, 5) is 4.72. The molecule has 7 heteroatoms. The van der Waals surface area contributed by atoms with Crippen molar-refractivity contribution < 1.29 is 14.2 Å². The first kappa shape index (κ1) is 21.5. The minimum atomic E-state index is 0.309. The molecule has 0 fully saturated rings. The van der Waals surface area contributed by atoms with E-state index in [0.717, 1.165) is 28.2 Å². The highest BCUT2D eigenvalue weighted by atomic mass is 16.5. The SMILES string of the molecule is CC.COCCOc1ccc2c(OC)cc(-n3ccc(NC(C)C)n3)nc2c1. The van der Waals surface area contributed by atoms with Gasteiger partial charge in [-0.15, -0.1) is 5.10 Å². The van der Waals surface area contributed by atoms with E-state index in [9.17, 15) is 0 Å². The van der Waals surface area contributed by atoms with Gasteiger partial charge < -0.3 is 19.5 Å². The molecule has 2 heterocycles. The number of ether oxygens (including phenoxy) is 3. The van der Waals surface area contributed by atoms with Crippen LogP contribution in [0, 0.1) is 0 Å². The van der Waals surface area contributed by atoms with Gasteiger partial charge in [-0.25, -0.2) is 9.67 Å². The number of pyridine rings is 1. The Hall–Kier alpha value is -2.80. The maximum absolute atomic E-state index is 5.68. The van der Waals surface area contributed by atoms with Crippen LogP contribution in [0.1, 0.15) is 27.7 Å². The molecule has 0 aliphatic rings. The molecule has 0 radical (unpaired) electrons. The van der Waals surface area contributed by atoms with Crippen molar-refractivity contribution in [3.8, 4) is 17.3 Å². The first-order valence-corrected chi connectivity index (χ1v) is 9.54. The van der Waals surface area contributed by atoms with E-state index in [1.165, 1.54) is 0 Å². The highest BCUT2D eigenvalue weighted by Gasteiger charge is 2.11. The first-order valence-electron chi connectivity index (χ1n) is 9.54. The molecule has 0 bridgehead atoms. The standard InChI is InChI=1S/C19H24N4O3.C2H6/c1-13(2)20-18-7-8-23(22-18)19-12-17(25-4)15-6-5-14(11-16(15)21-19)26-10-9-24-3;1-2/h5-8,11-13H,9-10H2,1-4H3,(H,20,22);1-2H3.